The van der Waals surface area contributed by atoms with Crippen molar-refractivity contribution in [3.63, 3.8) is 0 Å². The van der Waals surface area contributed by atoms with Crippen LogP contribution in [0.5, 0.6) is 11.6 Å². The van der Waals surface area contributed by atoms with Gasteiger partial charge in [-0.3, -0.25) is 0 Å². The standard InChI is InChI=1S/C19H23Cl2N3O2/c1-5-24(4)12-22-18-10-17(21)19(23-14(18)3)26-13(2)11-25-16-8-6-15(20)7-9-16/h6-10,12-13H,5,11H2,1-4H3/b22-12+. The second-order valence-electron chi connectivity index (χ2n) is 5.89. The van der Waals surface area contributed by atoms with Crippen LogP contribution in [0.25, 0.3) is 0 Å². The molecule has 1 unspecified atom stereocenters. The number of nitrogens with zero attached hydrogens (tertiary/aromatic N) is 3. The third-order valence-corrected chi connectivity index (χ3v) is 4.13. The van der Waals surface area contributed by atoms with Gasteiger partial charge in [-0.25, -0.2) is 9.98 Å². The molecule has 5 nitrogen and oxygen atoms in total. The maximum atomic E-state index is 6.30. The summed E-state index contributed by atoms with van der Waals surface area (Å²) in [6.07, 6.45) is 1.53. The molecule has 0 radical (unpaired) electrons. The van der Waals surface area contributed by atoms with Gasteiger partial charge in [0.1, 0.15) is 23.5 Å². The molecular formula is C19H23Cl2N3O2. The van der Waals surface area contributed by atoms with Gasteiger partial charge in [0, 0.05) is 18.6 Å². The van der Waals surface area contributed by atoms with Crippen molar-refractivity contribution in [2.75, 3.05) is 20.2 Å². The normalized spacial score (nSPS) is 12.2. The van der Waals surface area contributed by atoms with Gasteiger partial charge >= 0.3 is 0 Å². The van der Waals surface area contributed by atoms with E-state index in [2.05, 4.69) is 16.9 Å². The molecule has 1 heterocycles. The maximum Gasteiger partial charge on any atom is 0.233 e. The molecule has 26 heavy (non-hydrogen) atoms. The fourth-order valence-electron chi connectivity index (χ4n) is 1.97. The molecular weight excluding hydrogens is 373 g/mol. The van der Waals surface area contributed by atoms with Gasteiger partial charge in [0.05, 0.1) is 17.7 Å². The third kappa shape index (κ3) is 6.07. The van der Waals surface area contributed by atoms with E-state index in [1.165, 1.54) is 0 Å². The van der Waals surface area contributed by atoms with Crippen LogP contribution in [0, 0.1) is 6.92 Å². The number of benzene rings is 1. The zero-order valence-electron chi connectivity index (χ0n) is 15.4. The summed E-state index contributed by atoms with van der Waals surface area (Å²) >= 11 is 12.2. The van der Waals surface area contributed by atoms with Gasteiger partial charge in [0.25, 0.3) is 0 Å². The Hall–Kier alpha value is -1.98. The van der Waals surface area contributed by atoms with Crippen molar-refractivity contribution in [3.05, 3.63) is 46.1 Å². The van der Waals surface area contributed by atoms with E-state index in [1.807, 2.05) is 37.9 Å². The van der Waals surface area contributed by atoms with Crippen LogP contribution in [-0.4, -0.2) is 42.5 Å². The van der Waals surface area contributed by atoms with Crippen LogP contribution in [0.15, 0.2) is 35.3 Å². The molecule has 2 aromatic rings. The molecule has 0 aliphatic heterocycles. The maximum absolute atomic E-state index is 6.30. The van der Waals surface area contributed by atoms with E-state index < -0.39 is 0 Å². The molecule has 1 aromatic heterocycles. The van der Waals surface area contributed by atoms with E-state index in [4.69, 9.17) is 32.7 Å². The fourth-order valence-corrected chi connectivity index (χ4v) is 2.29. The number of rotatable bonds is 8. The quantitative estimate of drug-likeness (QED) is 0.457. The van der Waals surface area contributed by atoms with Crippen molar-refractivity contribution in [2.45, 2.75) is 26.9 Å². The lowest BCUT2D eigenvalue weighted by Crippen LogP contribution is -2.21. The molecule has 0 saturated carbocycles. The van der Waals surface area contributed by atoms with Crippen LogP contribution in [0.1, 0.15) is 19.5 Å². The van der Waals surface area contributed by atoms with E-state index in [-0.39, 0.29) is 6.10 Å². The minimum Gasteiger partial charge on any atom is -0.490 e. The van der Waals surface area contributed by atoms with E-state index in [9.17, 15) is 0 Å². The van der Waals surface area contributed by atoms with Crippen molar-refractivity contribution >= 4 is 35.2 Å². The summed E-state index contributed by atoms with van der Waals surface area (Å²) in [6, 6.07) is 8.93. The van der Waals surface area contributed by atoms with Crippen LogP contribution >= 0.6 is 23.2 Å². The Labute approximate surface area is 164 Å². The van der Waals surface area contributed by atoms with Gasteiger partial charge < -0.3 is 14.4 Å². The molecule has 1 atom stereocenters. The van der Waals surface area contributed by atoms with Crippen LogP contribution in [0.3, 0.4) is 0 Å². The molecule has 0 aliphatic rings. The Morgan fingerprint density at radius 1 is 1.27 bits per heavy atom. The second kappa shape index (κ2) is 9.64. The number of hydrogen-bond acceptors (Lipinski definition) is 4. The molecule has 0 amide bonds. The molecule has 0 bridgehead atoms. The highest BCUT2D eigenvalue weighted by Crippen LogP contribution is 2.30. The molecule has 0 saturated heterocycles. The van der Waals surface area contributed by atoms with Crippen molar-refractivity contribution in [1.29, 1.82) is 0 Å². The monoisotopic (exact) mass is 395 g/mol. The first kappa shape index (κ1) is 20.3. The number of aryl methyl sites for hydroxylation is 1. The number of halogens is 2. The lowest BCUT2D eigenvalue weighted by atomic mass is 10.3. The number of pyridine rings is 1. The predicted molar refractivity (Wildman–Crippen MR) is 107 cm³/mol. The van der Waals surface area contributed by atoms with Crippen molar-refractivity contribution in [2.24, 2.45) is 4.99 Å². The summed E-state index contributed by atoms with van der Waals surface area (Å²) in [4.78, 5) is 10.8. The minimum atomic E-state index is -0.226. The highest BCUT2D eigenvalue weighted by molar-refractivity contribution is 6.32. The first-order valence-electron chi connectivity index (χ1n) is 8.35. The Balaban J connectivity index is 1.98. The summed E-state index contributed by atoms with van der Waals surface area (Å²) in [5, 5.41) is 1.08. The molecule has 0 N–H and O–H groups in total. The molecule has 0 fully saturated rings. The van der Waals surface area contributed by atoms with Gasteiger partial charge in [-0.15, -0.1) is 0 Å². The summed E-state index contributed by atoms with van der Waals surface area (Å²) in [5.74, 6) is 1.10. The van der Waals surface area contributed by atoms with E-state index >= 15 is 0 Å². The van der Waals surface area contributed by atoms with Crippen molar-refractivity contribution in [1.82, 2.24) is 9.88 Å². The SMILES string of the molecule is CCN(C)/C=N/c1cc(Cl)c(OC(C)COc2ccc(Cl)cc2)nc1C. The molecule has 140 valence electrons. The van der Waals surface area contributed by atoms with Crippen LogP contribution < -0.4 is 9.47 Å². The minimum absolute atomic E-state index is 0.226. The fraction of sp³-hybridized carbons (Fsp3) is 0.368. The Kier molecular flexibility index (Phi) is 7.54. The molecule has 0 spiro atoms. The van der Waals surface area contributed by atoms with Crippen LogP contribution in [0.2, 0.25) is 10.0 Å². The first-order valence-corrected chi connectivity index (χ1v) is 9.11. The zero-order chi connectivity index (χ0) is 19.1. The van der Waals surface area contributed by atoms with Crippen LogP contribution in [-0.2, 0) is 0 Å². The zero-order valence-corrected chi connectivity index (χ0v) is 16.9. The summed E-state index contributed by atoms with van der Waals surface area (Å²) in [5.41, 5.74) is 1.46. The molecule has 2 rings (SSSR count). The van der Waals surface area contributed by atoms with Crippen molar-refractivity contribution in [3.8, 4) is 11.6 Å². The summed E-state index contributed by atoms with van der Waals surface area (Å²) < 4.78 is 11.5. The number of ether oxygens (including phenoxy) is 2. The van der Waals surface area contributed by atoms with Gasteiger partial charge in [0.2, 0.25) is 5.88 Å². The average molecular weight is 396 g/mol. The topological polar surface area (TPSA) is 47.0 Å². The van der Waals surface area contributed by atoms with Crippen LogP contribution in [0.4, 0.5) is 5.69 Å². The van der Waals surface area contributed by atoms with E-state index in [0.29, 0.717) is 28.2 Å². The molecule has 1 aromatic carbocycles. The predicted octanol–water partition coefficient (Wildman–Crippen LogP) is 5.15. The average Bonchev–Trinajstić information content (AvgIpc) is 2.62. The highest BCUT2D eigenvalue weighted by Gasteiger charge is 2.13. The van der Waals surface area contributed by atoms with E-state index in [0.717, 1.165) is 18.0 Å². The Bertz CT molecular complexity index is 751. The highest BCUT2D eigenvalue weighted by atomic mass is 35.5. The number of aromatic nitrogens is 1. The Morgan fingerprint density at radius 2 is 1.96 bits per heavy atom. The smallest absolute Gasteiger partial charge is 0.233 e. The Morgan fingerprint density at radius 3 is 2.62 bits per heavy atom. The first-order chi connectivity index (χ1) is 12.4. The molecule has 0 aliphatic carbocycles. The number of hydrogen-bond donors (Lipinski definition) is 0. The van der Waals surface area contributed by atoms with Gasteiger partial charge in [-0.1, -0.05) is 23.2 Å². The second-order valence-corrected chi connectivity index (χ2v) is 6.73. The van der Waals surface area contributed by atoms with Crippen molar-refractivity contribution < 1.29 is 9.47 Å². The van der Waals surface area contributed by atoms with E-state index in [1.54, 1.807) is 24.5 Å². The van der Waals surface area contributed by atoms with Gasteiger partial charge in [-0.05, 0) is 51.1 Å². The summed E-state index contributed by atoms with van der Waals surface area (Å²) in [7, 11) is 1.95. The number of aliphatic imine (C=N–C) groups is 1. The third-order valence-electron chi connectivity index (χ3n) is 3.61. The van der Waals surface area contributed by atoms with Gasteiger partial charge in [-0.2, -0.15) is 0 Å². The summed E-state index contributed by atoms with van der Waals surface area (Å²) in [6.45, 7) is 7.05. The van der Waals surface area contributed by atoms with Gasteiger partial charge in [0.15, 0.2) is 0 Å². The largest absolute Gasteiger partial charge is 0.490 e. The molecule has 7 heteroatoms. The lowest BCUT2D eigenvalue weighted by Gasteiger charge is -2.16. The lowest BCUT2D eigenvalue weighted by molar-refractivity contribution is 0.138.